The third-order valence-electron chi connectivity index (χ3n) is 10.7. The van der Waals surface area contributed by atoms with Gasteiger partial charge in [-0.2, -0.15) is 0 Å². The molecule has 0 atom stereocenters. The van der Waals surface area contributed by atoms with Crippen LogP contribution in [0.4, 0.5) is 17.1 Å². The predicted molar refractivity (Wildman–Crippen MR) is 227 cm³/mol. The van der Waals surface area contributed by atoms with Gasteiger partial charge in [-0.1, -0.05) is 140 Å². The Labute approximate surface area is 310 Å². The highest BCUT2D eigenvalue weighted by Crippen LogP contribution is 2.46. The predicted octanol–water partition coefficient (Wildman–Crippen LogP) is 15.1. The van der Waals surface area contributed by atoms with Crippen LogP contribution in [0.15, 0.2) is 192 Å². The Morgan fingerprint density at radius 3 is 1.79 bits per heavy atom. The van der Waals surface area contributed by atoms with Crippen molar-refractivity contribution in [3.05, 3.63) is 188 Å². The van der Waals surface area contributed by atoms with Crippen molar-refractivity contribution in [1.29, 1.82) is 0 Å². The van der Waals surface area contributed by atoms with E-state index >= 15 is 0 Å². The van der Waals surface area contributed by atoms with Crippen LogP contribution < -0.4 is 4.90 Å². The van der Waals surface area contributed by atoms with Gasteiger partial charge in [-0.25, -0.2) is 0 Å². The monoisotopic (exact) mass is 693 g/mol. The van der Waals surface area contributed by atoms with Crippen LogP contribution in [-0.2, 0) is 0 Å². The summed E-state index contributed by atoms with van der Waals surface area (Å²) in [6, 6.07) is 67.8. The second-order valence-electron chi connectivity index (χ2n) is 13.7. The van der Waals surface area contributed by atoms with Crippen LogP contribution in [0.2, 0.25) is 0 Å². The highest BCUT2D eigenvalue weighted by molar-refractivity contribution is 7.26. The topological polar surface area (TPSA) is 16.4 Å². The molecule has 0 aliphatic carbocycles. The van der Waals surface area contributed by atoms with Crippen LogP contribution >= 0.6 is 11.3 Å². The zero-order valence-electron chi connectivity index (χ0n) is 28.7. The Balaban J connectivity index is 1.09. The maximum atomic E-state index is 6.62. The first kappa shape index (κ1) is 30.0. The number of nitrogens with zero attached hydrogens (tertiary/aromatic N) is 1. The van der Waals surface area contributed by atoms with Gasteiger partial charge in [-0.05, 0) is 92.3 Å². The highest BCUT2D eigenvalue weighted by Gasteiger charge is 2.21. The molecule has 0 N–H and O–H groups in total. The Kier molecular flexibility index (Phi) is 6.76. The minimum atomic E-state index is 0.872. The summed E-state index contributed by atoms with van der Waals surface area (Å²) in [7, 11) is 0. The molecule has 53 heavy (non-hydrogen) atoms. The van der Waals surface area contributed by atoms with Crippen LogP contribution in [0.3, 0.4) is 0 Å². The summed E-state index contributed by atoms with van der Waals surface area (Å²) in [5, 5.41) is 9.92. The van der Waals surface area contributed by atoms with E-state index in [1.54, 1.807) is 0 Å². The molecular formula is C50H31NOS. The Morgan fingerprint density at radius 1 is 0.415 bits per heavy atom. The molecule has 0 spiro atoms. The molecule has 0 saturated heterocycles. The van der Waals surface area contributed by atoms with E-state index in [2.05, 4.69) is 187 Å². The van der Waals surface area contributed by atoms with E-state index in [0.29, 0.717) is 0 Å². The SMILES string of the molecule is c1ccc2c(-c3ccc(N(c4ccc(-c5cc6ccccc6c6sc7ccccc7c56)cc4)c4cccc5c4oc4ccccc45)cc3)cccc2c1. The average Bonchev–Trinajstić information content (AvgIpc) is 3.81. The van der Waals surface area contributed by atoms with Gasteiger partial charge in [0.25, 0.3) is 0 Å². The minimum Gasteiger partial charge on any atom is -0.454 e. The fourth-order valence-corrected chi connectivity index (χ4v) is 9.44. The zero-order chi connectivity index (χ0) is 34.9. The number of fused-ring (bicyclic) bond motifs is 9. The van der Waals surface area contributed by atoms with Crippen molar-refractivity contribution in [3.63, 3.8) is 0 Å². The van der Waals surface area contributed by atoms with Gasteiger partial charge in [0.15, 0.2) is 5.58 Å². The Hall–Kier alpha value is -6.68. The van der Waals surface area contributed by atoms with Crippen molar-refractivity contribution in [2.45, 2.75) is 0 Å². The second-order valence-corrected chi connectivity index (χ2v) is 14.7. The standard InChI is InChI=1S/C50H31NOS/c1-3-14-38-32(11-1)13-9-18-39(38)33-23-27-36(28-24-33)51(45-20-10-19-42-41-16-5-7-21-46(41)52-49(42)45)37-29-25-34(26-30-37)44-31-35-12-2-4-15-40(35)50-48(44)43-17-6-8-22-47(43)53-50/h1-31H. The molecular weight excluding hydrogens is 663 g/mol. The van der Waals surface area contributed by atoms with Crippen molar-refractivity contribution in [2.75, 3.05) is 4.90 Å². The van der Waals surface area contributed by atoms with Crippen LogP contribution in [0.25, 0.3) is 85.9 Å². The molecule has 0 bridgehead atoms. The zero-order valence-corrected chi connectivity index (χ0v) is 29.5. The number of para-hydroxylation sites is 2. The van der Waals surface area contributed by atoms with Crippen LogP contribution in [-0.4, -0.2) is 0 Å². The number of benzene rings is 9. The molecule has 248 valence electrons. The lowest BCUT2D eigenvalue weighted by molar-refractivity contribution is 0.669. The van der Waals surface area contributed by atoms with E-state index in [1.807, 2.05) is 17.4 Å². The first-order chi connectivity index (χ1) is 26.3. The number of furan rings is 1. The molecule has 0 aliphatic rings. The summed E-state index contributed by atoms with van der Waals surface area (Å²) in [6.45, 7) is 0. The summed E-state index contributed by atoms with van der Waals surface area (Å²) in [5.41, 5.74) is 9.75. The van der Waals surface area contributed by atoms with Crippen molar-refractivity contribution in [3.8, 4) is 22.3 Å². The second kappa shape index (κ2) is 11.9. The molecule has 2 heterocycles. The third kappa shape index (κ3) is 4.78. The van der Waals surface area contributed by atoms with Gasteiger partial charge in [0.05, 0.1) is 5.69 Å². The van der Waals surface area contributed by atoms with Gasteiger partial charge >= 0.3 is 0 Å². The average molecular weight is 694 g/mol. The molecule has 0 saturated carbocycles. The molecule has 0 amide bonds. The minimum absolute atomic E-state index is 0.872. The van der Waals surface area contributed by atoms with Gasteiger partial charge < -0.3 is 9.32 Å². The molecule has 3 heteroatoms. The van der Waals surface area contributed by atoms with Gasteiger partial charge in [0.1, 0.15) is 5.58 Å². The summed E-state index contributed by atoms with van der Waals surface area (Å²) < 4.78 is 9.28. The number of anilines is 3. The molecule has 2 aromatic heterocycles. The van der Waals surface area contributed by atoms with E-state index < -0.39 is 0 Å². The van der Waals surface area contributed by atoms with Crippen molar-refractivity contribution < 1.29 is 4.42 Å². The van der Waals surface area contributed by atoms with Gasteiger partial charge in [0.2, 0.25) is 0 Å². The largest absolute Gasteiger partial charge is 0.454 e. The van der Waals surface area contributed by atoms with Crippen LogP contribution in [0.1, 0.15) is 0 Å². The fraction of sp³-hybridized carbons (Fsp3) is 0. The third-order valence-corrected chi connectivity index (χ3v) is 11.9. The van der Waals surface area contributed by atoms with E-state index in [-0.39, 0.29) is 0 Å². The van der Waals surface area contributed by atoms with E-state index in [0.717, 1.165) is 39.0 Å². The van der Waals surface area contributed by atoms with E-state index in [1.165, 1.54) is 64.0 Å². The highest BCUT2D eigenvalue weighted by atomic mass is 32.1. The maximum absolute atomic E-state index is 6.62. The van der Waals surface area contributed by atoms with Gasteiger partial charge in [-0.15, -0.1) is 11.3 Å². The molecule has 11 rings (SSSR count). The lowest BCUT2D eigenvalue weighted by Crippen LogP contribution is -2.10. The smallest absolute Gasteiger partial charge is 0.159 e. The van der Waals surface area contributed by atoms with Crippen molar-refractivity contribution >= 4 is 92.1 Å². The van der Waals surface area contributed by atoms with E-state index in [4.69, 9.17) is 4.42 Å². The maximum Gasteiger partial charge on any atom is 0.159 e. The number of thiophene rings is 1. The first-order valence-corrected chi connectivity index (χ1v) is 18.8. The van der Waals surface area contributed by atoms with E-state index in [9.17, 15) is 0 Å². The molecule has 11 aromatic rings. The molecule has 9 aromatic carbocycles. The lowest BCUT2D eigenvalue weighted by atomic mass is 9.95. The van der Waals surface area contributed by atoms with Gasteiger partial charge in [0, 0.05) is 42.3 Å². The van der Waals surface area contributed by atoms with Crippen molar-refractivity contribution in [1.82, 2.24) is 0 Å². The normalized spacial score (nSPS) is 11.8. The molecule has 2 nitrogen and oxygen atoms in total. The molecule has 0 unspecified atom stereocenters. The summed E-state index contributed by atoms with van der Waals surface area (Å²) in [5.74, 6) is 0. The quantitative estimate of drug-likeness (QED) is 0.178. The van der Waals surface area contributed by atoms with Crippen molar-refractivity contribution in [2.24, 2.45) is 0 Å². The number of rotatable bonds is 5. The number of hydrogen-bond acceptors (Lipinski definition) is 3. The molecule has 0 fully saturated rings. The molecule has 0 radical (unpaired) electrons. The Bertz CT molecular complexity index is 3160. The summed E-state index contributed by atoms with van der Waals surface area (Å²) in [6.07, 6.45) is 0. The lowest BCUT2D eigenvalue weighted by Gasteiger charge is -2.26. The number of hydrogen-bond donors (Lipinski definition) is 0. The fourth-order valence-electron chi connectivity index (χ4n) is 8.18. The van der Waals surface area contributed by atoms with Gasteiger partial charge in [-0.3, -0.25) is 0 Å². The van der Waals surface area contributed by atoms with Crippen LogP contribution in [0.5, 0.6) is 0 Å². The van der Waals surface area contributed by atoms with Crippen LogP contribution in [0, 0.1) is 0 Å². The first-order valence-electron chi connectivity index (χ1n) is 18.0. The summed E-state index contributed by atoms with van der Waals surface area (Å²) >= 11 is 1.89. The summed E-state index contributed by atoms with van der Waals surface area (Å²) in [4.78, 5) is 2.33. The molecule has 0 aliphatic heterocycles. The Morgan fingerprint density at radius 2 is 1.00 bits per heavy atom.